The summed E-state index contributed by atoms with van der Waals surface area (Å²) in [4.78, 5) is 21.6. The number of carbonyl (C=O) groups is 1. The summed E-state index contributed by atoms with van der Waals surface area (Å²) in [5, 5.41) is 13.4. The summed E-state index contributed by atoms with van der Waals surface area (Å²) in [7, 11) is 1.79. The van der Waals surface area contributed by atoms with Crippen LogP contribution in [0.4, 0.5) is 17.5 Å². The Morgan fingerprint density at radius 3 is 2.92 bits per heavy atom. The molecule has 3 aromatic heterocycles. The van der Waals surface area contributed by atoms with Gasteiger partial charge in [-0.2, -0.15) is 14.6 Å². The Morgan fingerprint density at radius 2 is 2.12 bits per heavy atom. The summed E-state index contributed by atoms with van der Waals surface area (Å²) in [5.41, 5.74) is 2.92. The van der Waals surface area contributed by atoms with Gasteiger partial charge in [-0.1, -0.05) is 0 Å². The lowest BCUT2D eigenvalue weighted by Gasteiger charge is -2.14. The van der Waals surface area contributed by atoms with E-state index in [1.54, 1.807) is 11.6 Å². The molecule has 0 unspecified atom stereocenters. The first-order valence-electron chi connectivity index (χ1n) is 8.29. The van der Waals surface area contributed by atoms with Gasteiger partial charge in [0, 0.05) is 19.2 Å². The lowest BCUT2D eigenvalue weighted by molar-refractivity contribution is 0.0948. The van der Waals surface area contributed by atoms with Crippen molar-refractivity contribution in [1.82, 2.24) is 24.9 Å². The summed E-state index contributed by atoms with van der Waals surface area (Å²) in [5.74, 6) is 2.18. The molecule has 0 radical (unpaired) electrons. The van der Waals surface area contributed by atoms with E-state index in [1.807, 2.05) is 26.0 Å². The smallest absolute Gasteiger partial charge is 0.256 e. The number of aromatic nitrogens is 4. The summed E-state index contributed by atoms with van der Waals surface area (Å²) < 4.78 is 7.28. The number of pyridine rings is 1. The van der Waals surface area contributed by atoms with Gasteiger partial charge in [0.25, 0.3) is 5.91 Å². The third kappa shape index (κ3) is 2.67. The second kappa shape index (κ2) is 6.17. The van der Waals surface area contributed by atoms with Gasteiger partial charge in [-0.3, -0.25) is 4.79 Å². The van der Waals surface area contributed by atoms with E-state index in [9.17, 15) is 4.79 Å². The average molecular weight is 353 g/mol. The van der Waals surface area contributed by atoms with E-state index < -0.39 is 0 Å². The quantitative estimate of drug-likeness (QED) is 0.611. The SMILES string of the molecule is CNc1cc2nc3c(cnn13)C(=O)NCCOc1cc(C)c(C)c(n1)N2. The Balaban J connectivity index is 1.92. The molecule has 0 spiro atoms. The zero-order chi connectivity index (χ0) is 18.3. The number of aryl methyl sites for hydroxylation is 1. The molecule has 4 bridgehead atoms. The summed E-state index contributed by atoms with van der Waals surface area (Å²) >= 11 is 0. The summed E-state index contributed by atoms with van der Waals surface area (Å²) in [6.07, 6.45) is 1.51. The fraction of sp³-hybridized carbons (Fsp3) is 0.294. The molecule has 4 heterocycles. The van der Waals surface area contributed by atoms with Crippen LogP contribution in [-0.2, 0) is 0 Å². The summed E-state index contributed by atoms with van der Waals surface area (Å²) in [6, 6.07) is 3.69. The van der Waals surface area contributed by atoms with Crippen molar-refractivity contribution in [3.63, 3.8) is 0 Å². The minimum absolute atomic E-state index is 0.249. The number of anilines is 3. The van der Waals surface area contributed by atoms with Crippen molar-refractivity contribution in [1.29, 1.82) is 0 Å². The molecule has 0 saturated carbocycles. The van der Waals surface area contributed by atoms with Gasteiger partial charge >= 0.3 is 0 Å². The fourth-order valence-electron chi connectivity index (χ4n) is 2.80. The first kappa shape index (κ1) is 16.1. The lowest BCUT2D eigenvalue weighted by Crippen LogP contribution is -2.28. The van der Waals surface area contributed by atoms with E-state index in [4.69, 9.17) is 4.74 Å². The molecule has 0 fully saturated rings. The standard InChI is InChI=1S/C17H19N7O2/c1-9-6-14-23-15(10(9)2)21-12-7-13(18-3)24-16(22-12)11(8-20-24)17(25)19-4-5-26-14/h6-8,18H,4-5H2,1-3H3,(H,19,25)(H,21,22,23). The number of ether oxygens (including phenoxy) is 1. The third-order valence-electron chi connectivity index (χ3n) is 4.37. The maximum absolute atomic E-state index is 12.5. The number of carbonyl (C=O) groups excluding carboxylic acids is 1. The highest BCUT2D eigenvalue weighted by atomic mass is 16.5. The largest absolute Gasteiger partial charge is 0.476 e. The van der Waals surface area contributed by atoms with Gasteiger partial charge in [-0.25, -0.2) is 4.98 Å². The van der Waals surface area contributed by atoms with Gasteiger partial charge in [0.1, 0.15) is 29.6 Å². The lowest BCUT2D eigenvalue weighted by atomic mass is 10.1. The van der Waals surface area contributed by atoms with E-state index in [-0.39, 0.29) is 5.91 Å². The first-order chi connectivity index (χ1) is 12.6. The number of hydrogen-bond donors (Lipinski definition) is 3. The van der Waals surface area contributed by atoms with Crippen LogP contribution in [0.3, 0.4) is 0 Å². The van der Waals surface area contributed by atoms with Gasteiger partial charge in [0.05, 0.1) is 12.7 Å². The van der Waals surface area contributed by atoms with E-state index in [0.29, 0.717) is 47.7 Å². The monoisotopic (exact) mass is 353 g/mol. The minimum Gasteiger partial charge on any atom is -0.476 e. The number of hydrogen-bond acceptors (Lipinski definition) is 7. The van der Waals surface area contributed by atoms with Crippen LogP contribution < -0.4 is 20.7 Å². The average Bonchev–Trinajstić information content (AvgIpc) is 3.05. The van der Waals surface area contributed by atoms with Crippen LogP contribution in [-0.4, -0.2) is 45.7 Å². The van der Waals surface area contributed by atoms with Crippen molar-refractivity contribution in [3.05, 3.63) is 35.0 Å². The van der Waals surface area contributed by atoms with Crippen LogP contribution in [0, 0.1) is 13.8 Å². The maximum atomic E-state index is 12.5. The van der Waals surface area contributed by atoms with Gasteiger partial charge in [-0.05, 0) is 25.0 Å². The second-order valence-electron chi connectivity index (χ2n) is 6.05. The highest BCUT2D eigenvalue weighted by Gasteiger charge is 2.18. The molecule has 26 heavy (non-hydrogen) atoms. The number of rotatable bonds is 1. The van der Waals surface area contributed by atoms with Crippen LogP contribution in [0.25, 0.3) is 5.65 Å². The molecule has 0 atom stereocenters. The Kier molecular flexibility index (Phi) is 3.83. The summed E-state index contributed by atoms with van der Waals surface area (Å²) in [6.45, 7) is 4.66. The predicted octanol–water partition coefficient (Wildman–Crippen LogP) is 1.65. The van der Waals surface area contributed by atoms with Crippen molar-refractivity contribution in [2.45, 2.75) is 13.8 Å². The fourth-order valence-corrected chi connectivity index (χ4v) is 2.80. The molecular weight excluding hydrogens is 334 g/mol. The molecule has 1 aliphatic heterocycles. The molecule has 0 aromatic carbocycles. The second-order valence-corrected chi connectivity index (χ2v) is 6.05. The Bertz CT molecular complexity index is 1010. The first-order valence-corrected chi connectivity index (χ1v) is 8.29. The van der Waals surface area contributed by atoms with E-state index in [0.717, 1.165) is 11.1 Å². The molecule has 9 nitrogen and oxygen atoms in total. The van der Waals surface area contributed by atoms with Crippen molar-refractivity contribution >= 4 is 29.0 Å². The normalized spacial score (nSPS) is 13.9. The molecule has 9 heteroatoms. The molecule has 3 aromatic rings. The Hall–Kier alpha value is -3.36. The van der Waals surface area contributed by atoms with Crippen LogP contribution in [0.15, 0.2) is 18.3 Å². The molecule has 134 valence electrons. The molecule has 3 N–H and O–H groups in total. The Morgan fingerprint density at radius 1 is 1.27 bits per heavy atom. The van der Waals surface area contributed by atoms with Crippen LogP contribution in [0.5, 0.6) is 5.88 Å². The molecular formula is C17H19N7O2. The van der Waals surface area contributed by atoms with E-state index in [2.05, 4.69) is 31.0 Å². The molecule has 1 aliphatic rings. The number of nitrogens with zero attached hydrogens (tertiary/aromatic N) is 4. The van der Waals surface area contributed by atoms with Crippen LogP contribution >= 0.6 is 0 Å². The van der Waals surface area contributed by atoms with Gasteiger partial charge in [-0.15, -0.1) is 0 Å². The van der Waals surface area contributed by atoms with Crippen LogP contribution in [0.2, 0.25) is 0 Å². The zero-order valence-corrected chi connectivity index (χ0v) is 14.8. The van der Waals surface area contributed by atoms with Crippen molar-refractivity contribution < 1.29 is 9.53 Å². The molecule has 0 aliphatic carbocycles. The van der Waals surface area contributed by atoms with Crippen molar-refractivity contribution in [2.75, 3.05) is 30.8 Å². The topological polar surface area (TPSA) is 105 Å². The number of fused-ring (bicyclic) bond motifs is 3. The highest BCUT2D eigenvalue weighted by molar-refractivity contribution is 6.00. The molecule has 1 amide bonds. The van der Waals surface area contributed by atoms with Gasteiger partial charge in [0.15, 0.2) is 5.65 Å². The van der Waals surface area contributed by atoms with Crippen molar-refractivity contribution in [3.8, 4) is 5.88 Å². The predicted molar refractivity (Wildman–Crippen MR) is 97.4 cm³/mol. The van der Waals surface area contributed by atoms with E-state index >= 15 is 0 Å². The number of nitrogens with one attached hydrogen (secondary N) is 3. The number of amides is 1. The highest BCUT2D eigenvalue weighted by Crippen LogP contribution is 2.26. The van der Waals surface area contributed by atoms with Crippen LogP contribution in [0.1, 0.15) is 21.5 Å². The van der Waals surface area contributed by atoms with Gasteiger partial charge < -0.3 is 20.7 Å². The van der Waals surface area contributed by atoms with E-state index in [1.165, 1.54) is 6.20 Å². The molecule has 4 rings (SSSR count). The zero-order valence-electron chi connectivity index (χ0n) is 14.8. The van der Waals surface area contributed by atoms with Gasteiger partial charge in [0.2, 0.25) is 5.88 Å². The molecule has 0 saturated heterocycles. The minimum atomic E-state index is -0.249. The van der Waals surface area contributed by atoms with Crippen molar-refractivity contribution in [2.24, 2.45) is 0 Å². The third-order valence-corrected chi connectivity index (χ3v) is 4.37. The Labute approximate surface area is 149 Å². The maximum Gasteiger partial charge on any atom is 0.256 e.